The molecule has 0 bridgehead atoms. The molecule has 0 amide bonds. The maximum absolute atomic E-state index is 10.6. The highest BCUT2D eigenvalue weighted by Gasteiger charge is 2.18. The van der Waals surface area contributed by atoms with Crippen LogP contribution in [0.4, 0.5) is 5.69 Å². The van der Waals surface area contributed by atoms with Crippen molar-refractivity contribution in [1.82, 2.24) is 0 Å². The first-order valence-electron chi connectivity index (χ1n) is 2.98. The number of hydrogen-bond acceptors (Lipinski definition) is 4. The van der Waals surface area contributed by atoms with Gasteiger partial charge in [-0.1, -0.05) is 6.07 Å². The predicted molar refractivity (Wildman–Crippen MR) is 42.3 cm³/mol. The summed E-state index contributed by atoms with van der Waals surface area (Å²) in [5.41, 5.74) is 5.03. The van der Waals surface area contributed by atoms with Crippen molar-refractivity contribution < 1.29 is 18.1 Å². The quantitative estimate of drug-likeness (QED) is 0.433. The molecule has 12 heavy (non-hydrogen) atoms. The Kier molecular flexibility index (Phi) is 1.95. The van der Waals surface area contributed by atoms with E-state index in [-0.39, 0.29) is 5.69 Å². The second-order valence-electron chi connectivity index (χ2n) is 2.17. The molecule has 0 atom stereocenters. The average Bonchev–Trinajstić information content (AvgIpc) is 1.82. The molecule has 0 saturated carbocycles. The predicted octanol–water partition coefficient (Wildman–Crippen LogP) is 0.221. The van der Waals surface area contributed by atoms with E-state index in [9.17, 15) is 8.42 Å². The molecular weight excluding hydrogens is 182 g/mol. The zero-order valence-electron chi connectivity index (χ0n) is 5.93. The Bertz CT molecular complexity index is 378. The molecule has 1 aromatic rings. The SMILES string of the molecule is Nc1cccc(O)c1S(=O)(=O)O. The average molecular weight is 189 g/mol. The molecule has 66 valence electrons. The van der Waals surface area contributed by atoms with Crippen LogP contribution in [0.1, 0.15) is 0 Å². The third kappa shape index (κ3) is 1.49. The van der Waals surface area contributed by atoms with Crippen molar-refractivity contribution in [2.75, 3.05) is 5.73 Å². The van der Waals surface area contributed by atoms with E-state index < -0.39 is 20.8 Å². The fourth-order valence-corrected chi connectivity index (χ4v) is 1.52. The van der Waals surface area contributed by atoms with E-state index in [4.69, 9.17) is 15.4 Å². The molecule has 1 rings (SSSR count). The van der Waals surface area contributed by atoms with Crippen LogP contribution < -0.4 is 5.73 Å². The lowest BCUT2D eigenvalue weighted by Gasteiger charge is -2.02. The van der Waals surface area contributed by atoms with E-state index in [0.29, 0.717) is 0 Å². The van der Waals surface area contributed by atoms with Gasteiger partial charge >= 0.3 is 0 Å². The summed E-state index contributed by atoms with van der Waals surface area (Å²) in [6.45, 7) is 0. The Balaban J connectivity index is 3.53. The molecule has 6 heteroatoms. The second kappa shape index (κ2) is 2.65. The van der Waals surface area contributed by atoms with E-state index in [2.05, 4.69) is 0 Å². The van der Waals surface area contributed by atoms with Crippen LogP contribution in [0.25, 0.3) is 0 Å². The van der Waals surface area contributed by atoms with Gasteiger partial charge in [0.15, 0.2) is 4.90 Å². The Labute approximate surface area is 69.2 Å². The van der Waals surface area contributed by atoms with Crippen LogP contribution in [-0.2, 0) is 10.1 Å². The molecule has 0 spiro atoms. The number of hydrogen-bond donors (Lipinski definition) is 3. The highest BCUT2D eigenvalue weighted by molar-refractivity contribution is 7.86. The van der Waals surface area contributed by atoms with Gasteiger partial charge in [0.1, 0.15) is 5.75 Å². The van der Waals surface area contributed by atoms with Crippen molar-refractivity contribution in [3.63, 3.8) is 0 Å². The first kappa shape index (κ1) is 8.82. The van der Waals surface area contributed by atoms with E-state index in [1.807, 2.05) is 0 Å². The van der Waals surface area contributed by atoms with Gasteiger partial charge in [0.2, 0.25) is 0 Å². The zero-order chi connectivity index (χ0) is 9.35. The highest BCUT2D eigenvalue weighted by Crippen LogP contribution is 2.27. The summed E-state index contributed by atoms with van der Waals surface area (Å²) in [4.78, 5) is -0.648. The van der Waals surface area contributed by atoms with Crippen molar-refractivity contribution in [2.45, 2.75) is 4.90 Å². The van der Waals surface area contributed by atoms with Crippen molar-refractivity contribution in [2.24, 2.45) is 0 Å². The Morgan fingerprint density at radius 3 is 2.25 bits per heavy atom. The van der Waals surface area contributed by atoms with E-state index in [1.165, 1.54) is 12.1 Å². The number of rotatable bonds is 1. The van der Waals surface area contributed by atoms with Crippen molar-refractivity contribution in [3.8, 4) is 5.75 Å². The summed E-state index contributed by atoms with van der Waals surface area (Å²) >= 11 is 0. The standard InChI is InChI=1S/C6H7NO4S/c7-4-2-1-3-5(8)6(4)12(9,10)11/h1-3,8H,7H2,(H,9,10,11). The van der Waals surface area contributed by atoms with Crippen LogP contribution in [0.2, 0.25) is 0 Å². The summed E-state index contributed by atoms with van der Waals surface area (Å²) in [5, 5.41) is 9.01. The lowest BCUT2D eigenvalue weighted by Crippen LogP contribution is -2.02. The summed E-state index contributed by atoms with van der Waals surface area (Å²) in [6.07, 6.45) is 0. The molecule has 5 nitrogen and oxygen atoms in total. The second-order valence-corrected chi connectivity index (χ2v) is 3.53. The maximum atomic E-state index is 10.6. The fraction of sp³-hybridized carbons (Fsp3) is 0. The van der Waals surface area contributed by atoms with Gasteiger partial charge in [-0.3, -0.25) is 4.55 Å². The van der Waals surface area contributed by atoms with Crippen molar-refractivity contribution in [3.05, 3.63) is 18.2 Å². The fourth-order valence-electron chi connectivity index (χ4n) is 0.823. The van der Waals surface area contributed by atoms with Crippen LogP contribution in [0.3, 0.4) is 0 Å². The zero-order valence-corrected chi connectivity index (χ0v) is 6.75. The molecule has 0 unspecified atom stereocenters. The lowest BCUT2D eigenvalue weighted by molar-refractivity contribution is 0.444. The Morgan fingerprint density at radius 2 is 1.92 bits per heavy atom. The van der Waals surface area contributed by atoms with Crippen LogP contribution >= 0.6 is 0 Å². The largest absolute Gasteiger partial charge is 0.506 e. The molecule has 0 aliphatic carbocycles. The van der Waals surface area contributed by atoms with Crippen LogP contribution in [0.15, 0.2) is 23.1 Å². The first-order valence-corrected chi connectivity index (χ1v) is 4.42. The van der Waals surface area contributed by atoms with Gasteiger partial charge in [0, 0.05) is 0 Å². The Morgan fingerprint density at radius 1 is 1.33 bits per heavy atom. The third-order valence-electron chi connectivity index (χ3n) is 1.28. The molecule has 0 heterocycles. The number of phenols is 1. The van der Waals surface area contributed by atoms with E-state index in [1.54, 1.807) is 0 Å². The molecule has 0 aliphatic rings. The molecule has 0 aliphatic heterocycles. The van der Waals surface area contributed by atoms with E-state index in [0.717, 1.165) is 6.07 Å². The molecule has 0 saturated heterocycles. The first-order chi connectivity index (χ1) is 5.43. The van der Waals surface area contributed by atoms with E-state index >= 15 is 0 Å². The topological polar surface area (TPSA) is 101 Å². The van der Waals surface area contributed by atoms with Gasteiger partial charge in [-0.15, -0.1) is 0 Å². The van der Waals surface area contributed by atoms with Gasteiger partial charge in [-0.25, -0.2) is 0 Å². The minimum absolute atomic E-state index is 0.183. The minimum atomic E-state index is -4.44. The third-order valence-corrected chi connectivity index (χ3v) is 2.24. The summed E-state index contributed by atoms with van der Waals surface area (Å²) in [6, 6.07) is 3.77. The van der Waals surface area contributed by atoms with Gasteiger partial charge in [-0.2, -0.15) is 8.42 Å². The van der Waals surface area contributed by atoms with Gasteiger partial charge in [0.05, 0.1) is 5.69 Å². The maximum Gasteiger partial charge on any atom is 0.300 e. The number of phenolic OH excluding ortho intramolecular Hbond substituents is 1. The minimum Gasteiger partial charge on any atom is -0.506 e. The lowest BCUT2D eigenvalue weighted by atomic mass is 10.3. The van der Waals surface area contributed by atoms with Gasteiger partial charge in [0.25, 0.3) is 10.1 Å². The van der Waals surface area contributed by atoms with Crippen LogP contribution in [0.5, 0.6) is 5.75 Å². The number of aromatic hydroxyl groups is 1. The van der Waals surface area contributed by atoms with Crippen molar-refractivity contribution >= 4 is 15.8 Å². The molecule has 1 aromatic carbocycles. The number of nitrogens with two attached hydrogens (primary N) is 1. The summed E-state index contributed by atoms with van der Waals surface area (Å²) in [5.74, 6) is -0.558. The van der Waals surface area contributed by atoms with Gasteiger partial charge < -0.3 is 10.8 Å². The highest BCUT2D eigenvalue weighted by atomic mass is 32.2. The van der Waals surface area contributed by atoms with Crippen LogP contribution in [-0.4, -0.2) is 18.1 Å². The summed E-state index contributed by atoms with van der Waals surface area (Å²) < 4.78 is 29.8. The van der Waals surface area contributed by atoms with Crippen molar-refractivity contribution in [1.29, 1.82) is 0 Å². The smallest absolute Gasteiger partial charge is 0.300 e. The Hall–Kier alpha value is -1.27. The molecule has 4 N–H and O–H groups in total. The normalized spacial score (nSPS) is 11.4. The molecule has 0 fully saturated rings. The summed E-state index contributed by atoms with van der Waals surface area (Å²) in [7, 11) is -4.44. The monoisotopic (exact) mass is 189 g/mol. The number of nitrogen functional groups attached to an aromatic ring is 1. The molecule has 0 aromatic heterocycles. The van der Waals surface area contributed by atoms with Crippen LogP contribution in [0, 0.1) is 0 Å². The van der Waals surface area contributed by atoms with Gasteiger partial charge in [-0.05, 0) is 12.1 Å². The molecule has 0 radical (unpaired) electrons. The number of benzene rings is 1. The molecular formula is C6H7NO4S. The number of anilines is 1.